The second kappa shape index (κ2) is 9.69. The van der Waals surface area contributed by atoms with Gasteiger partial charge in [0.25, 0.3) is 0 Å². The summed E-state index contributed by atoms with van der Waals surface area (Å²) in [5.74, 6) is 1.04. The number of nitrogens with one attached hydrogen (secondary N) is 1. The number of anilines is 2. The molecular formula is C30H31N5O3S. The minimum absolute atomic E-state index is 0.0374. The second-order valence-electron chi connectivity index (χ2n) is 11.0. The Kier molecular flexibility index (Phi) is 6.31. The summed E-state index contributed by atoms with van der Waals surface area (Å²) in [4.78, 5) is 8.89. The number of sulfone groups is 1. The molecule has 3 heterocycles. The van der Waals surface area contributed by atoms with Gasteiger partial charge in [0.1, 0.15) is 18.0 Å². The van der Waals surface area contributed by atoms with Gasteiger partial charge in [0.2, 0.25) is 11.9 Å². The van der Waals surface area contributed by atoms with E-state index in [1.165, 1.54) is 0 Å². The summed E-state index contributed by atoms with van der Waals surface area (Å²) in [5.41, 5.74) is 3.44. The first-order valence-electron chi connectivity index (χ1n) is 13.3. The van der Waals surface area contributed by atoms with Gasteiger partial charge in [0, 0.05) is 18.3 Å². The number of pyridine rings is 1. The molecule has 0 saturated heterocycles. The van der Waals surface area contributed by atoms with E-state index in [0.717, 1.165) is 53.4 Å². The van der Waals surface area contributed by atoms with Crippen molar-refractivity contribution in [3.05, 3.63) is 83.3 Å². The Bertz CT molecular complexity index is 1690. The molecule has 1 saturated carbocycles. The van der Waals surface area contributed by atoms with Crippen LogP contribution in [0, 0.1) is 6.57 Å². The molecule has 2 aromatic carbocycles. The molecule has 2 atom stereocenters. The van der Waals surface area contributed by atoms with Gasteiger partial charge in [-0.15, -0.1) is 0 Å². The Morgan fingerprint density at radius 2 is 1.92 bits per heavy atom. The summed E-state index contributed by atoms with van der Waals surface area (Å²) in [6, 6.07) is 17.0. The summed E-state index contributed by atoms with van der Waals surface area (Å²) in [6.45, 7) is 11.7. The highest BCUT2D eigenvalue weighted by molar-refractivity contribution is 7.93. The van der Waals surface area contributed by atoms with E-state index in [1.807, 2.05) is 47.1 Å². The Labute approximate surface area is 228 Å². The van der Waals surface area contributed by atoms with Gasteiger partial charge in [0.15, 0.2) is 15.7 Å². The van der Waals surface area contributed by atoms with Crippen molar-refractivity contribution in [2.24, 2.45) is 0 Å². The zero-order valence-corrected chi connectivity index (χ0v) is 22.9. The number of hydrogen-bond donors (Lipinski definition) is 1. The number of ether oxygens (including phenoxy) is 1. The fraction of sp³-hybridized carbons (Fsp3) is 0.367. The van der Waals surface area contributed by atoms with E-state index in [-0.39, 0.29) is 12.1 Å². The quantitative estimate of drug-likeness (QED) is 0.290. The van der Waals surface area contributed by atoms with Crippen LogP contribution in [0.3, 0.4) is 0 Å². The molecular weight excluding hydrogens is 510 g/mol. The summed E-state index contributed by atoms with van der Waals surface area (Å²) < 4.78 is 33.2. The van der Waals surface area contributed by atoms with Crippen LogP contribution in [0.2, 0.25) is 0 Å². The summed E-state index contributed by atoms with van der Waals surface area (Å²) in [7, 11) is -3.37. The van der Waals surface area contributed by atoms with Gasteiger partial charge in [-0.25, -0.2) is 20.0 Å². The van der Waals surface area contributed by atoms with Crippen LogP contribution in [0.25, 0.3) is 15.7 Å². The molecule has 0 bridgehead atoms. The molecule has 1 aliphatic carbocycles. The van der Waals surface area contributed by atoms with Crippen molar-refractivity contribution < 1.29 is 13.2 Å². The predicted octanol–water partition coefficient (Wildman–Crippen LogP) is 6.27. The first-order valence-corrected chi connectivity index (χ1v) is 14.8. The number of benzene rings is 2. The van der Waals surface area contributed by atoms with Crippen LogP contribution in [0.5, 0.6) is 5.88 Å². The van der Waals surface area contributed by atoms with Gasteiger partial charge in [-0.2, -0.15) is 5.10 Å². The van der Waals surface area contributed by atoms with Crippen molar-refractivity contribution in [2.45, 2.75) is 74.3 Å². The summed E-state index contributed by atoms with van der Waals surface area (Å²) in [5, 5.41) is 9.18. The average Bonchev–Trinajstić information content (AvgIpc) is 3.38. The number of fused-ring (bicyclic) bond motifs is 2. The lowest BCUT2D eigenvalue weighted by atomic mass is 9.91. The summed E-state index contributed by atoms with van der Waals surface area (Å²) in [6.07, 6.45) is 6.03. The third-order valence-electron chi connectivity index (χ3n) is 7.93. The Morgan fingerprint density at radius 1 is 1.13 bits per heavy atom. The van der Waals surface area contributed by atoms with Crippen molar-refractivity contribution in [3.63, 3.8) is 0 Å². The number of rotatable bonds is 6. The van der Waals surface area contributed by atoms with Crippen molar-refractivity contribution >= 4 is 32.2 Å². The summed E-state index contributed by atoms with van der Waals surface area (Å²) >= 11 is 0. The lowest BCUT2D eigenvalue weighted by Crippen LogP contribution is -2.27. The van der Waals surface area contributed by atoms with Crippen molar-refractivity contribution in [3.8, 4) is 5.88 Å². The van der Waals surface area contributed by atoms with Crippen LogP contribution in [-0.4, -0.2) is 34.0 Å². The fourth-order valence-electron chi connectivity index (χ4n) is 5.81. The van der Waals surface area contributed by atoms with E-state index >= 15 is 0 Å². The highest BCUT2D eigenvalue weighted by Gasteiger charge is 2.44. The maximum absolute atomic E-state index is 12.9. The first kappa shape index (κ1) is 25.4. The zero-order chi connectivity index (χ0) is 27.2. The molecule has 1 aliphatic heterocycles. The largest absolute Gasteiger partial charge is 0.472 e. The molecule has 4 aromatic rings. The molecule has 9 heteroatoms. The standard InChI is InChI=1S/C30H31N5O3S/c1-30(2)18-21-17-22(13-14-26(21)39(30,36)37)33-28-27-25(35(34-28)24-12-8-7-11-23(24)31-3)15-16-32-29(27)38-19-20-9-5-4-6-10-20/h4-6,9-10,13-17,23-24H,7-8,11-12,18-19H2,1-2H3,(H,33,34)/t23-,24-/m0/s1. The minimum atomic E-state index is -3.37. The lowest BCUT2D eigenvalue weighted by molar-refractivity contribution is 0.298. The van der Waals surface area contributed by atoms with Crippen LogP contribution in [-0.2, 0) is 22.9 Å². The smallest absolute Gasteiger partial charge is 0.245 e. The molecule has 1 N–H and O–H groups in total. The monoisotopic (exact) mass is 541 g/mol. The van der Waals surface area contributed by atoms with Gasteiger partial charge in [-0.05, 0) is 68.5 Å². The molecule has 6 rings (SSSR count). The highest BCUT2D eigenvalue weighted by Crippen LogP contribution is 2.42. The van der Waals surface area contributed by atoms with E-state index in [1.54, 1.807) is 32.2 Å². The number of hydrogen-bond acceptors (Lipinski definition) is 6. The fourth-order valence-corrected chi connectivity index (χ4v) is 7.47. The van der Waals surface area contributed by atoms with Gasteiger partial charge < -0.3 is 14.9 Å². The molecule has 0 amide bonds. The minimum Gasteiger partial charge on any atom is -0.472 e. The molecule has 2 aliphatic rings. The highest BCUT2D eigenvalue weighted by atomic mass is 32.2. The number of nitrogens with zero attached hydrogens (tertiary/aromatic N) is 4. The SMILES string of the molecule is [C-]#[N+][C@H]1CCCC[C@@H]1n1nc(Nc2ccc3c(c2)CC(C)(C)S3(=O)=O)c2c(OCc3ccccc3)nccc21. The van der Waals surface area contributed by atoms with E-state index in [0.29, 0.717) is 29.6 Å². The third kappa shape index (κ3) is 4.43. The van der Waals surface area contributed by atoms with Crippen LogP contribution < -0.4 is 10.1 Å². The maximum Gasteiger partial charge on any atom is 0.245 e. The van der Waals surface area contributed by atoms with E-state index in [9.17, 15) is 8.42 Å². The molecule has 2 aromatic heterocycles. The Morgan fingerprint density at radius 3 is 2.72 bits per heavy atom. The Balaban J connectivity index is 1.42. The molecule has 0 unspecified atom stereocenters. The van der Waals surface area contributed by atoms with E-state index in [2.05, 4.69) is 15.1 Å². The average molecular weight is 542 g/mol. The maximum atomic E-state index is 12.9. The van der Waals surface area contributed by atoms with Gasteiger partial charge >= 0.3 is 0 Å². The molecule has 8 nitrogen and oxygen atoms in total. The molecule has 0 spiro atoms. The van der Waals surface area contributed by atoms with Crippen LogP contribution >= 0.6 is 0 Å². The zero-order valence-electron chi connectivity index (χ0n) is 22.1. The number of aromatic nitrogens is 3. The second-order valence-corrected chi connectivity index (χ2v) is 13.6. The van der Waals surface area contributed by atoms with Crippen molar-refractivity contribution in [2.75, 3.05) is 5.32 Å². The predicted molar refractivity (Wildman–Crippen MR) is 151 cm³/mol. The van der Waals surface area contributed by atoms with Gasteiger partial charge in [-0.3, -0.25) is 4.68 Å². The molecule has 0 radical (unpaired) electrons. The lowest BCUT2D eigenvalue weighted by Gasteiger charge is -2.24. The van der Waals surface area contributed by atoms with E-state index in [4.69, 9.17) is 16.4 Å². The van der Waals surface area contributed by atoms with E-state index < -0.39 is 14.6 Å². The molecule has 200 valence electrons. The Hall–Kier alpha value is -3.90. The molecule has 39 heavy (non-hydrogen) atoms. The van der Waals surface area contributed by atoms with Crippen LogP contribution in [0.1, 0.15) is 56.7 Å². The van der Waals surface area contributed by atoms with Crippen LogP contribution in [0.15, 0.2) is 65.7 Å². The van der Waals surface area contributed by atoms with Gasteiger partial charge in [-0.1, -0.05) is 36.8 Å². The van der Waals surface area contributed by atoms with Crippen LogP contribution in [0.4, 0.5) is 11.5 Å². The first-order chi connectivity index (χ1) is 18.8. The van der Waals surface area contributed by atoms with Crippen molar-refractivity contribution in [1.82, 2.24) is 14.8 Å². The third-order valence-corrected chi connectivity index (χ3v) is 10.5. The topological polar surface area (TPSA) is 90.5 Å². The van der Waals surface area contributed by atoms with Gasteiger partial charge in [0.05, 0.1) is 15.2 Å². The molecule has 1 fully saturated rings. The van der Waals surface area contributed by atoms with Crippen molar-refractivity contribution in [1.29, 1.82) is 0 Å². The normalized spacial score (nSPS) is 21.3.